The van der Waals surface area contributed by atoms with Gasteiger partial charge in [0, 0.05) is 31.7 Å². The highest BCUT2D eigenvalue weighted by molar-refractivity contribution is 5.50. The second-order valence-electron chi connectivity index (χ2n) is 6.08. The molecule has 108 valence electrons. The molecule has 2 rings (SSSR count). The van der Waals surface area contributed by atoms with Crippen LogP contribution in [0, 0.1) is 12.8 Å². The highest BCUT2D eigenvalue weighted by atomic mass is 15.4. The molecule has 0 aliphatic heterocycles. The van der Waals surface area contributed by atoms with E-state index in [0.717, 1.165) is 24.6 Å². The van der Waals surface area contributed by atoms with Gasteiger partial charge in [0.25, 0.3) is 0 Å². The fraction of sp³-hybridized carbons (Fsp3) is 0.800. The summed E-state index contributed by atoms with van der Waals surface area (Å²) in [6, 6.07) is 0.186. The minimum absolute atomic E-state index is 0.186. The van der Waals surface area contributed by atoms with E-state index in [0.29, 0.717) is 0 Å². The van der Waals surface area contributed by atoms with Crippen LogP contribution < -0.4 is 10.6 Å². The van der Waals surface area contributed by atoms with E-state index >= 15 is 0 Å². The lowest BCUT2D eigenvalue weighted by atomic mass is 10.1. The summed E-state index contributed by atoms with van der Waals surface area (Å²) in [4.78, 5) is 2.52. The van der Waals surface area contributed by atoms with Gasteiger partial charge in [-0.15, -0.1) is 0 Å². The van der Waals surface area contributed by atoms with Gasteiger partial charge in [0.05, 0.1) is 5.69 Å². The molecule has 2 N–H and O–H groups in total. The lowest BCUT2D eigenvalue weighted by Gasteiger charge is -2.26. The lowest BCUT2D eigenvalue weighted by Crippen LogP contribution is -2.30. The summed E-state index contributed by atoms with van der Waals surface area (Å²) in [6.07, 6.45) is 4.87. The molecule has 1 aromatic rings. The summed E-state index contributed by atoms with van der Waals surface area (Å²) in [7, 11) is 2.06. The first kappa shape index (κ1) is 14.4. The Morgan fingerprint density at radius 2 is 2.16 bits per heavy atom. The molecular weight excluding hydrogens is 236 g/mol. The van der Waals surface area contributed by atoms with Crippen LogP contribution in [0.15, 0.2) is 0 Å². The zero-order valence-electron chi connectivity index (χ0n) is 12.8. The number of rotatable bonds is 7. The SMILES string of the molecule is CCCN(CC1CC1)c1c(CC(C)N)c(C)nn1C. The molecule has 1 unspecified atom stereocenters. The van der Waals surface area contributed by atoms with Crippen molar-refractivity contribution in [3.8, 4) is 0 Å². The average Bonchev–Trinajstić information content (AvgIpc) is 3.07. The van der Waals surface area contributed by atoms with Gasteiger partial charge in [-0.25, -0.2) is 0 Å². The minimum atomic E-state index is 0.186. The van der Waals surface area contributed by atoms with Crippen LogP contribution >= 0.6 is 0 Å². The standard InChI is InChI=1S/C15H28N4/c1-5-8-19(10-13-6-7-13)15-14(9-11(2)16)12(3)17-18(15)4/h11,13H,5-10,16H2,1-4H3. The van der Waals surface area contributed by atoms with Crippen LogP contribution in [0.4, 0.5) is 5.82 Å². The smallest absolute Gasteiger partial charge is 0.130 e. The molecule has 0 aromatic carbocycles. The van der Waals surface area contributed by atoms with Crippen LogP contribution in [0.1, 0.15) is 44.4 Å². The number of nitrogens with zero attached hydrogens (tertiary/aromatic N) is 3. The summed E-state index contributed by atoms with van der Waals surface area (Å²) in [5, 5.41) is 4.61. The number of anilines is 1. The lowest BCUT2D eigenvalue weighted by molar-refractivity contribution is 0.652. The number of nitrogens with two attached hydrogens (primary N) is 1. The van der Waals surface area contributed by atoms with E-state index in [9.17, 15) is 0 Å². The first-order chi connectivity index (χ1) is 9.02. The highest BCUT2D eigenvalue weighted by Gasteiger charge is 2.27. The molecule has 19 heavy (non-hydrogen) atoms. The molecule has 0 saturated heterocycles. The van der Waals surface area contributed by atoms with Gasteiger partial charge in [0.15, 0.2) is 0 Å². The quantitative estimate of drug-likeness (QED) is 0.821. The Balaban J connectivity index is 2.27. The third kappa shape index (κ3) is 3.50. The zero-order chi connectivity index (χ0) is 14.0. The monoisotopic (exact) mass is 264 g/mol. The van der Waals surface area contributed by atoms with Crippen molar-refractivity contribution in [3.05, 3.63) is 11.3 Å². The largest absolute Gasteiger partial charge is 0.356 e. The van der Waals surface area contributed by atoms with Gasteiger partial charge in [-0.2, -0.15) is 5.10 Å². The second-order valence-corrected chi connectivity index (χ2v) is 6.08. The predicted molar refractivity (Wildman–Crippen MR) is 80.5 cm³/mol. The van der Waals surface area contributed by atoms with Gasteiger partial charge >= 0.3 is 0 Å². The molecule has 1 heterocycles. The summed E-state index contributed by atoms with van der Waals surface area (Å²) in [5.74, 6) is 2.19. The molecule has 1 fully saturated rings. The van der Waals surface area contributed by atoms with E-state index < -0.39 is 0 Å². The van der Waals surface area contributed by atoms with Crippen molar-refractivity contribution in [2.75, 3.05) is 18.0 Å². The van der Waals surface area contributed by atoms with Crippen molar-refractivity contribution < 1.29 is 0 Å². The number of aryl methyl sites for hydroxylation is 2. The molecule has 4 nitrogen and oxygen atoms in total. The summed E-state index contributed by atoms with van der Waals surface area (Å²) in [6.45, 7) is 8.71. The van der Waals surface area contributed by atoms with E-state index in [1.807, 2.05) is 4.68 Å². The van der Waals surface area contributed by atoms with Gasteiger partial charge in [-0.3, -0.25) is 4.68 Å². The number of hydrogen-bond donors (Lipinski definition) is 1. The fourth-order valence-electron chi connectivity index (χ4n) is 2.81. The van der Waals surface area contributed by atoms with Crippen LogP contribution in [0.5, 0.6) is 0 Å². The summed E-state index contributed by atoms with van der Waals surface area (Å²) in [5.41, 5.74) is 8.47. The normalized spacial score (nSPS) is 16.7. The van der Waals surface area contributed by atoms with Crippen molar-refractivity contribution in [1.82, 2.24) is 9.78 Å². The molecule has 1 saturated carbocycles. The molecule has 0 amide bonds. The highest BCUT2D eigenvalue weighted by Crippen LogP contribution is 2.33. The molecule has 0 bridgehead atoms. The molecule has 1 aliphatic carbocycles. The maximum atomic E-state index is 6.00. The Kier molecular flexibility index (Phi) is 4.50. The Hall–Kier alpha value is -1.03. The molecule has 1 aromatic heterocycles. The van der Waals surface area contributed by atoms with E-state index in [1.54, 1.807) is 0 Å². The van der Waals surface area contributed by atoms with E-state index in [2.05, 4.69) is 37.8 Å². The van der Waals surface area contributed by atoms with Crippen molar-refractivity contribution in [3.63, 3.8) is 0 Å². The minimum Gasteiger partial charge on any atom is -0.356 e. The van der Waals surface area contributed by atoms with Gasteiger partial charge in [-0.05, 0) is 45.4 Å². The Bertz CT molecular complexity index is 418. The molecular formula is C15H28N4. The molecule has 1 atom stereocenters. The Morgan fingerprint density at radius 1 is 1.47 bits per heavy atom. The van der Waals surface area contributed by atoms with Crippen molar-refractivity contribution in [2.24, 2.45) is 18.7 Å². The third-order valence-electron chi connectivity index (χ3n) is 3.81. The van der Waals surface area contributed by atoms with Crippen molar-refractivity contribution in [2.45, 2.75) is 52.5 Å². The third-order valence-corrected chi connectivity index (χ3v) is 3.81. The topological polar surface area (TPSA) is 47.1 Å². The van der Waals surface area contributed by atoms with E-state index in [1.165, 1.54) is 37.2 Å². The van der Waals surface area contributed by atoms with Crippen LogP contribution in [-0.2, 0) is 13.5 Å². The molecule has 0 spiro atoms. The van der Waals surface area contributed by atoms with Crippen molar-refractivity contribution >= 4 is 5.82 Å². The van der Waals surface area contributed by atoms with Gasteiger partial charge in [0.1, 0.15) is 5.82 Å². The zero-order valence-corrected chi connectivity index (χ0v) is 12.8. The summed E-state index contributed by atoms with van der Waals surface area (Å²) >= 11 is 0. The molecule has 4 heteroatoms. The van der Waals surface area contributed by atoms with Gasteiger partial charge in [-0.1, -0.05) is 6.92 Å². The predicted octanol–water partition coefficient (Wildman–Crippen LogP) is 2.24. The molecule has 0 radical (unpaired) electrons. The first-order valence-corrected chi connectivity index (χ1v) is 7.55. The maximum Gasteiger partial charge on any atom is 0.130 e. The van der Waals surface area contributed by atoms with Crippen LogP contribution in [0.2, 0.25) is 0 Å². The Morgan fingerprint density at radius 3 is 2.68 bits per heavy atom. The van der Waals surface area contributed by atoms with Crippen molar-refractivity contribution in [1.29, 1.82) is 0 Å². The van der Waals surface area contributed by atoms with Crippen LogP contribution in [-0.4, -0.2) is 28.9 Å². The number of aromatic nitrogens is 2. The van der Waals surface area contributed by atoms with Crippen LogP contribution in [0.3, 0.4) is 0 Å². The van der Waals surface area contributed by atoms with E-state index in [4.69, 9.17) is 5.73 Å². The molecule has 1 aliphatic rings. The number of hydrogen-bond acceptors (Lipinski definition) is 3. The maximum absolute atomic E-state index is 6.00. The van der Waals surface area contributed by atoms with Gasteiger partial charge in [0.2, 0.25) is 0 Å². The average molecular weight is 264 g/mol. The van der Waals surface area contributed by atoms with E-state index in [-0.39, 0.29) is 6.04 Å². The Labute approximate surface area is 117 Å². The first-order valence-electron chi connectivity index (χ1n) is 7.55. The fourth-order valence-corrected chi connectivity index (χ4v) is 2.81. The summed E-state index contributed by atoms with van der Waals surface area (Å²) < 4.78 is 2.05. The van der Waals surface area contributed by atoms with Gasteiger partial charge < -0.3 is 10.6 Å². The second kappa shape index (κ2) is 5.95. The van der Waals surface area contributed by atoms with Crippen LogP contribution in [0.25, 0.3) is 0 Å².